The van der Waals surface area contributed by atoms with Crippen LogP contribution in [0.25, 0.3) is 22.2 Å². The van der Waals surface area contributed by atoms with Gasteiger partial charge in [0, 0.05) is 10.9 Å². The van der Waals surface area contributed by atoms with Crippen molar-refractivity contribution in [2.45, 2.75) is 6.42 Å². The van der Waals surface area contributed by atoms with Gasteiger partial charge in [0.15, 0.2) is 5.58 Å². The Hall–Kier alpha value is -3.48. The molecule has 2 aromatic carbocycles. The fraction of sp³-hybridized carbons (Fsp3) is 0.0556. The summed E-state index contributed by atoms with van der Waals surface area (Å²) in [5.41, 5.74) is 1.74. The Morgan fingerprint density at radius 3 is 2.80 bits per heavy atom. The number of nitrogens with zero attached hydrogens (tertiary/aromatic N) is 2. The molecule has 0 aliphatic rings. The van der Waals surface area contributed by atoms with Crippen molar-refractivity contribution < 1.29 is 18.1 Å². The molecule has 6 nitrogen and oxygen atoms in total. The van der Waals surface area contributed by atoms with Gasteiger partial charge in [0.05, 0.1) is 6.42 Å². The monoisotopic (exact) mass is 337 g/mol. The second kappa shape index (κ2) is 6.20. The molecule has 0 spiro atoms. The summed E-state index contributed by atoms with van der Waals surface area (Å²) in [4.78, 5) is 16.3. The van der Waals surface area contributed by atoms with Gasteiger partial charge in [0.2, 0.25) is 5.91 Å². The summed E-state index contributed by atoms with van der Waals surface area (Å²) in [6, 6.07) is 13.5. The van der Waals surface area contributed by atoms with E-state index in [-0.39, 0.29) is 18.3 Å². The van der Waals surface area contributed by atoms with Crippen LogP contribution >= 0.6 is 0 Å². The fourth-order valence-corrected chi connectivity index (χ4v) is 2.50. The molecule has 0 saturated carbocycles. The maximum atomic E-state index is 13.8. The molecule has 4 aromatic rings. The number of nitrogens with one attached hydrogen (secondary N) is 1. The number of hydrogen-bond donors (Lipinski definition) is 1. The molecule has 0 unspecified atom stereocenters. The van der Waals surface area contributed by atoms with Crippen molar-refractivity contribution in [3.63, 3.8) is 0 Å². The van der Waals surface area contributed by atoms with Crippen molar-refractivity contribution in [3.05, 3.63) is 66.3 Å². The average Bonchev–Trinajstić information content (AvgIpc) is 3.23. The number of halogens is 1. The zero-order chi connectivity index (χ0) is 17.2. The van der Waals surface area contributed by atoms with E-state index in [2.05, 4.69) is 15.5 Å². The van der Waals surface area contributed by atoms with E-state index in [1.54, 1.807) is 24.3 Å². The lowest BCUT2D eigenvalue weighted by atomic mass is 10.1. The van der Waals surface area contributed by atoms with Gasteiger partial charge in [-0.3, -0.25) is 10.1 Å². The third kappa shape index (κ3) is 2.99. The number of carbonyl (C=O) groups is 1. The summed E-state index contributed by atoms with van der Waals surface area (Å²) in [7, 11) is 0. The molecular formula is C18H12FN3O3. The summed E-state index contributed by atoms with van der Waals surface area (Å²) in [5, 5.41) is 7.21. The number of carbonyl (C=O) groups excluding carboxylic acids is 1. The van der Waals surface area contributed by atoms with Gasteiger partial charge < -0.3 is 8.94 Å². The Bertz CT molecular complexity index is 1050. The van der Waals surface area contributed by atoms with E-state index >= 15 is 0 Å². The highest BCUT2D eigenvalue weighted by molar-refractivity contribution is 5.93. The minimum atomic E-state index is -0.414. The summed E-state index contributed by atoms with van der Waals surface area (Å²) >= 11 is 0. The molecule has 0 aliphatic carbocycles. The van der Waals surface area contributed by atoms with Crippen LogP contribution < -0.4 is 5.32 Å². The van der Waals surface area contributed by atoms with Gasteiger partial charge in [0.1, 0.15) is 23.5 Å². The summed E-state index contributed by atoms with van der Waals surface area (Å²) < 4.78 is 24.1. The largest absolute Gasteiger partial charge is 0.431 e. The normalized spacial score (nSPS) is 10.9. The summed E-state index contributed by atoms with van der Waals surface area (Å²) in [6.45, 7) is 0. The van der Waals surface area contributed by atoms with Crippen LogP contribution in [0.3, 0.4) is 0 Å². The van der Waals surface area contributed by atoms with Crippen molar-refractivity contribution in [2.75, 3.05) is 5.32 Å². The minimum absolute atomic E-state index is 0.00365. The van der Waals surface area contributed by atoms with E-state index in [4.69, 9.17) is 8.94 Å². The van der Waals surface area contributed by atoms with Gasteiger partial charge in [-0.1, -0.05) is 29.4 Å². The Morgan fingerprint density at radius 2 is 1.92 bits per heavy atom. The lowest BCUT2D eigenvalue weighted by molar-refractivity contribution is -0.115. The molecule has 0 aliphatic heterocycles. The second-order valence-corrected chi connectivity index (χ2v) is 5.37. The molecule has 124 valence electrons. The van der Waals surface area contributed by atoms with Gasteiger partial charge in [-0.05, 0) is 24.3 Å². The predicted octanol–water partition coefficient (Wildman–Crippen LogP) is 3.80. The highest BCUT2D eigenvalue weighted by Gasteiger charge is 2.15. The number of anilines is 1. The first-order valence-electron chi connectivity index (χ1n) is 7.54. The van der Waals surface area contributed by atoms with E-state index < -0.39 is 5.82 Å². The zero-order valence-electron chi connectivity index (χ0n) is 12.9. The van der Waals surface area contributed by atoms with Gasteiger partial charge in [0.25, 0.3) is 0 Å². The van der Waals surface area contributed by atoms with Gasteiger partial charge >= 0.3 is 6.01 Å². The van der Waals surface area contributed by atoms with E-state index in [0.717, 1.165) is 5.39 Å². The molecule has 7 heteroatoms. The van der Waals surface area contributed by atoms with Crippen LogP contribution in [0.1, 0.15) is 5.69 Å². The maximum absolute atomic E-state index is 13.8. The third-order valence-electron chi connectivity index (χ3n) is 3.68. The molecule has 2 aromatic heterocycles. The van der Waals surface area contributed by atoms with Crippen molar-refractivity contribution >= 4 is 22.9 Å². The quantitative estimate of drug-likeness (QED) is 0.612. The standard InChI is InChI=1S/C18H12FN3O3/c19-13-7-3-1-5-11(13)15-10-24-18(20-15)21-17(23)9-14-12-6-2-4-8-16(12)25-22-14/h1-8,10H,9H2,(H,20,21,23). The van der Waals surface area contributed by atoms with Crippen LogP contribution in [0.5, 0.6) is 0 Å². The van der Waals surface area contributed by atoms with Gasteiger partial charge in [-0.15, -0.1) is 0 Å². The van der Waals surface area contributed by atoms with Crippen LogP contribution in [0.4, 0.5) is 10.4 Å². The molecule has 1 amide bonds. The third-order valence-corrected chi connectivity index (χ3v) is 3.68. The number of aromatic nitrogens is 2. The van der Waals surface area contributed by atoms with Crippen LogP contribution in [0, 0.1) is 5.82 Å². The molecule has 4 rings (SSSR count). The SMILES string of the molecule is O=C(Cc1noc2ccccc12)Nc1nc(-c2ccccc2F)co1. The summed E-state index contributed by atoms with van der Waals surface area (Å²) in [5.74, 6) is -0.774. The molecule has 0 radical (unpaired) electrons. The Balaban J connectivity index is 1.49. The van der Waals surface area contributed by atoms with Crippen molar-refractivity contribution in [1.29, 1.82) is 0 Å². The number of benzene rings is 2. The number of fused-ring (bicyclic) bond motifs is 1. The zero-order valence-corrected chi connectivity index (χ0v) is 12.9. The van der Waals surface area contributed by atoms with E-state index in [1.807, 2.05) is 18.2 Å². The number of rotatable bonds is 4. The minimum Gasteiger partial charge on any atom is -0.431 e. The Labute approximate surface area is 141 Å². The van der Waals surface area contributed by atoms with Gasteiger partial charge in [-0.2, -0.15) is 4.98 Å². The Kier molecular flexibility index (Phi) is 3.74. The van der Waals surface area contributed by atoms with Crippen molar-refractivity contribution in [3.8, 4) is 11.3 Å². The lowest BCUT2D eigenvalue weighted by Crippen LogP contribution is -2.15. The maximum Gasteiger partial charge on any atom is 0.301 e. The summed E-state index contributed by atoms with van der Waals surface area (Å²) in [6.07, 6.45) is 1.30. The molecule has 1 N–H and O–H groups in total. The molecule has 0 bridgehead atoms. The highest BCUT2D eigenvalue weighted by Crippen LogP contribution is 2.23. The Morgan fingerprint density at radius 1 is 1.12 bits per heavy atom. The molecular weight excluding hydrogens is 325 g/mol. The van der Waals surface area contributed by atoms with E-state index in [9.17, 15) is 9.18 Å². The van der Waals surface area contributed by atoms with E-state index in [1.165, 1.54) is 12.3 Å². The van der Waals surface area contributed by atoms with Crippen LogP contribution in [-0.2, 0) is 11.2 Å². The first kappa shape index (κ1) is 15.1. The lowest BCUT2D eigenvalue weighted by Gasteiger charge is -1.99. The number of amides is 1. The predicted molar refractivity (Wildman–Crippen MR) is 88.2 cm³/mol. The second-order valence-electron chi connectivity index (χ2n) is 5.37. The van der Waals surface area contributed by atoms with Crippen molar-refractivity contribution in [2.24, 2.45) is 0 Å². The van der Waals surface area contributed by atoms with Crippen LogP contribution in [0.2, 0.25) is 0 Å². The number of oxazole rings is 1. The first-order valence-corrected chi connectivity index (χ1v) is 7.54. The molecule has 0 atom stereocenters. The fourth-order valence-electron chi connectivity index (χ4n) is 2.50. The molecule has 0 saturated heterocycles. The highest BCUT2D eigenvalue weighted by atomic mass is 19.1. The molecule has 25 heavy (non-hydrogen) atoms. The first-order chi connectivity index (χ1) is 12.2. The van der Waals surface area contributed by atoms with Crippen LogP contribution in [-0.4, -0.2) is 16.0 Å². The molecule has 0 fully saturated rings. The number of para-hydroxylation sites is 1. The van der Waals surface area contributed by atoms with Crippen molar-refractivity contribution in [1.82, 2.24) is 10.1 Å². The van der Waals surface area contributed by atoms with E-state index in [0.29, 0.717) is 22.5 Å². The van der Waals surface area contributed by atoms with Gasteiger partial charge in [-0.25, -0.2) is 4.39 Å². The van der Waals surface area contributed by atoms with Crippen LogP contribution in [0.15, 0.2) is 63.7 Å². The molecule has 2 heterocycles. The smallest absolute Gasteiger partial charge is 0.301 e. The average molecular weight is 337 g/mol. The number of hydrogen-bond acceptors (Lipinski definition) is 5. The topological polar surface area (TPSA) is 81.2 Å².